The van der Waals surface area contributed by atoms with Crippen molar-refractivity contribution in [1.82, 2.24) is 4.90 Å². The van der Waals surface area contributed by atoms with Crippen molar-refractivity contribution in [2.24, 2.45) is 10.4 Å². The van der Waals surface area contributed by atoms with Gasteiger partial charge in [-0.25, -0.2) is 0 Å². The summed E-state index contributed by atoms with van der Waals surface area (Å²) in [5.41, 5.74) is 2.67. The van der Waals surface area contributed by atoms with Crippen molar-refractivity contribution in [2.75, 3.05) is 24.9 Å². The van der Waals surface area contributed by atoms with Gasteiger partial charge in [0.1, 0.15) is 11.9 Å². The first kappa shape index (κ1) is 24.2. The zero-order valence-electron chi connectivity index (χ0n) is 19.0. The molecule has 1 N–H and O–H groups in total. The van der Waals surface area contributed by atoms with Gasteiger partial charge in [0, 0.05) is 48.0 Å². The largest absolute Gasteiger partial charge is 0.488 e. The standard InChI is InChI=1S/C24H27ClF3N3OS/c1-23(2,3)21-12-16-19(29-21)8-7-18(25)22(16)33-30-14-5-6-17(24(26,27)28)20(11-14)32-15-9-10-31(4)13-15/h5-8,11,15,30H,9-10,12-13H2,1-4H3. The molecule has 2 aliphatic rings. The van der Waals surface area contributed by atoms with Crippen molar-refractivity contribution >= 4 is 40.6 Å². The second kappa shape index (κ2) is 9.04. The summed E-state index contributed by atoms with van der Waals surface area (Å²) >= 11 is 7.77. The number of ether oxygens (including phenoxy) is 1. The number of hydrogen-bond donors (Lipinski definition) is 1. The molecule has 0 bridgehead atoms. The van der Waals surface area contributed by atoms with Crippen LogP contribution in [-0.2, 0) is 12.6 Å². The SMILES string of the molecule is CN1CCC(Oc2cc(NSc3c(Cl)ccc4c3CC(C(C)(C)C)=N4)ccc2C(F)(F)F)C1. The van der Waals surface area contributed by atoms with Gasteiger partial charge in [-0.2, -0.15) is 13.2 Å². The van der Waals surface area contributed by atoms with Crippen LogP contribution in [0.25, 0.3) is 0 Å². The molecule has 1 unspecified atom stereocenters. The first-order chi connectivity index (χ1) is 15.4. The van der Waals surface area contributed by atoms with Gasteiger partial charge in [-0.3, -0.25) is 4.99 Å². The lowest BCUT2D eigenvalue weighted by Crippen LogP contribution is -2.22. The van der Waals surface area contributed by atoms with Gasteiger partial charge in [0.2, 0.25) is 0 Å². The minimum Gasteiger partial charge on any atom is -0.488 e. The maximum Gasteiger partial charge on any atom is 0.419 e. The van der Waals surface area contributed by atoms with E-state index < -0.39 is 11.7 Å². The quantitative estimate of drug-likeness (QED) is 0.442. The molecule has 2 aliphatic heterocycles. The highest BCUT2D eigenvalue weighted by atomic mass is 35.5. The van der Waals surface area contributed by atoms with Crippen molar-refractivity contribution in [1.29, 1.82) is 0 Å². The molecule has 4 nitrogen and oxygen atoms in total. The Morgan fingerprint density at radius 1 is 1.18 bits per heavy atom. The number of halogens is 4. The summed E-state index contributed by atoms with van der Waals surface area (Å²) in [6, 6.07) is 7.61. The molecular weight excluding hydrogens is 471 g/mol. The van der Waals surface area contributed by atoms with Crippen LogP contribution in [0, 0.1) is 5.41 Å². The average Bonchev–Trinajstić information content (AvgIpc) is 3.32. The zero-order chi connectivity index (χ0) is 24.0. The molecule has 4 rings (SSSR count). The van der Waals surface area contributed by atoms with Crippen molar-refractivity contribution in [3.63, 3.8) is 0 Å². The van der Waals surface area contributed by atoms with Gasteiger partial charge in [0.05, 0.1) is 21.2 Å². The Morgan fingerprint density at radius 3 is 2.58 bits per heavy atom. The normalized spacial score (nSPS) is 18.9. The summed E-state index contributed by atoms with van der Waals surface area (Å²) in [5.74, 6) is -0.156. The van der Waals surface area contributed by atoms with Gasteiger partial charge < -0.3 is 14.4 Å². The molecular formula is C24H27ClF3N3OS. The number of rotatable bonds is 5. The number of alkyl halides is 3. The molecule has 0 saturated carbocycles. The van der Waals surface area contributed by atoms with E-state index in [1.54, 1.807) is 6.07 Å². The van der Waals surface area contributed by atoms with E-state index >= 15 is 0 Å². The summed E-state index contributed by atoms with van der Waals surface area (Å²) in [5, 5.41) is 0.578. The molecule has 0 aromatic heterocycles. The fourth-order valence-corrected chi connectivity index (χ4v) is 5.06. The highest BCUT2D eigenvalue weighted by molar-refractivity contribution is 8.00. The predicted molar refractivity (Wildman–Crippen MR) is 129 cm³/mol. The average molecular weight is 498 g/mol. The van der Waals surface area contributed by atoms with Crippen LogP contribution in [0.2, 0.25) is 5.02 Å². The van der Waals surface area contributed by atoms with E-state index in [1.807, 2.05) is 18.0 Å². The Labute approximate surface area is 201 Å². The van der Waals surface area contributed by atoms with Crippen LogP contribution in [-0.4, -0.2) is 36.9 Å². The lowest BCUT2D eigenvalue weighted by Gasteiger charge is -2.20. The molecule has 0 amide bonds. The summed E-state index contributed by atoms with van der Waals surface area (Å²) in [7, 11) is 1.93. The Kier molecular flexibility index (Phi) is 6.64. The topological polar surface area (TPSA) is 36.9 Å². The molecule has 2 aromatic carbocycles. The second-order valence-electron chi connectivity index (χ2n) is 9.56. The zero-order valence-corrected chi connectivity index (χ0v) is 20.6. The lowest BCUT2D eigenvalue weighted by atomic mass is 9.87. The number of fused-ring (bicyclic) bond motifs is 1. The number of hydrogen-bond acceptors (Lipinski definition) is 5. The van der Waals surface area contributed by atoms with E-state index in [-0.39, 0.29) is 17.3 Å². The molecule has 9 heteroatoms. The van der Waals surface area contributed by atoms with Gasteiger partial charge in [-0.1, -0.05) is 32.4 Å². The maximum atomic E-state index is 13.6. The van der Waals surface area contributed by atoms with Gasteiger partial charge >= 0.3 is 6.18 Å². The van der Waals surface area contributed by atoms with Crippen molar-refractivity contribution in [2.45, 2.75) is 50.8 Å². The molecule has 1 atom stereocenters. The molecule has 33 heavy (non-hydrogen) atoms. The fourth-order valence-electron chi connectivity index (χ4n) is 3.96. The predicted octanol–water partition coefficient (Wildman–Crippen LogP) is 7.24. The second-order valence-corrected chi connectivity index (χ2v) is 10.8. The minimum absolute atomic E-state index is 0.0607. The molecule has 178 valence electrons. The van der Waals surface area contributed by atoms with Gasteiger partial charge in [-0.05, 0) is 49.7 Å². The first-order valence-corrected chi connectivity index (χ1v) is 12.0. The van der Waals surface area contributed by atoms with Crippen LogP contribution in [0.4, 0.5) is 24.5 Å². The molecule has 0 spiro atoms. The third-order valence-electron chi connectivity index (χ3n) is 5.85. The van der Waals surface area contributed by atoms with Gasteiger partial charge in [0.25, 0.3) is 0 Å². The van der Waals surface area contributed by atoms with E-state index in [0.29, 0.717) is 30.1 Å². The van der Waals surface area contributed by atoms with Crippen molar-refractivity contribution in [3.05, 3.63) is 46.5 Å². The number of likely N-dealkylation sites (N-methyl/N-ethyl adjacent to an activating group) is 1. The van der Waals surface area contributed by atoms with E-state index in [0.717, 1.165) is 34.5 Å². The summed E-state index contributed by atoms with van der Waals surface area (Å²) < 4.78 is 49.7. The van der Waals surface area contributed by atoms with E-state index in [1.165, 1.54) is 24.1 Å². The van der Waals surface area contributed by atoms with Crippen LogP contribution in [0.5, 0.6) is 5.75 Å². The number of nitrogens with zero attached hydrogens (tertiary/aromatic N) is 2. The van der Waals surface area contributed by atoms with Gasteiger partial charge in [0.15, 0.2) is 0 Å². The third kappa shape index (κ3) is 5.44. The number of anilines is 1. The van der Waals surface area contributed by atoms with Crippen molar-refractivity contribution < 1.29 is 17.9 Å². The van der Waals surface area contributed by atoms with Crippen molar-refractivity contribution in [3.8, 4) is 5.75 Å². The molecule has 2 heterocycles. The van der Waals surface area contributed by atoms with E-state index in [2.05, 4.69) is 25.5 Å². The number of likely N-dealkylation sites (tertiary alicyclic amines) is 1. The highest BCUT2D eigenvalue weighted by Crippen LogP contribution is 2.43. The summed E-state index contributed by atoms with van der Waals surface area (Å²) in [4.78, 5) is 7.64. The molecule has 0 radical (unpaired) electrons. The molecule has 2 aromatic rings. The first-order valence-electron chi connectivity index (χ1n) is 10.8. The minimum atomic E-state index is -4.49. The van der Waals surface area contributed by atoms with Crippen LogP contribution in [0.15, 0.2) is 40.2 Å². The van der Waals surface area contributed by atoms with E-state index in [9.17, 15) is 13.2 Å². The summed E-state index contributed by atoms with van der Waals surface area (Å²) in [6.45, 7) is 7.77. The Bertz CT molecular complexity index is 1080. The Morgan fingerprint density at radius 2 is 1.94 bits per heavy atom. The number of aliphatic imine (C=N–C) groups is 1. The van der Waals surface area contributed by atoms with E-state index in [4.69, 9.17) is 21.3 Å². The Balaban J connectivity index is 1.55. The monoisotopic (exact) mass is 497 g/mol. The smallest absolute Gasteiger partial charge is 0.419 e. The highest BCUT2D eigenvalue weighted by Gasteiger charge is 2.36. The summed E-state index contributed by atoms with van der Waals surface area (Å²) in [6.07, 6.45) is -3.36. The maximum absolute atomic E-state index is 13.6. The third-order valence-corrected chi connectivity index (χ3v) is 7.29. The molecule has 1 fully saturated rings. The van der Waals surface area contributed by atoms with Gasteiger partial charge in [-0.15, -0.1) is 0 Å². The Hall–Kier alpha value is -1.90. The van der Waals surface area contributed by atoms with Crippen LogP contribution in [0.1, 0.15) is 38.3 Å². The molecule has 0 aliphatic carbocycles. The van der Waals surface area contributed by atoms with Crippen LogP contribution in [0.3, 0.4) is 0 Å². The van der Waals surface area contributed by atoms with Crippen LogP contribution < -0.4 is 9.46 Å². The molecule has 1 saturated heterocycles. The van der Waals surface area contributed by atoms with Crippen LogP contribution >= 0.6 is 23.5 Å². The lowest BCUT2D eigenvalue weighted by molar-refractivity contribution is -0.139. The fraction of sp³-hybridized carbons (Fsp3) is 0.458. The number of nitrogens with one attached hydrogen (secondary N) is 1. The number of benzene rings is 2.